The third-order valence-corrected chi connectivity index (χ3v) is 5.57. The molecule has 0 aliphatic carbocycles. The van der Waals surface area contributed by atoms with Crippen LogP contribution in [0.3, 0.4) is 0 Å². The van der Waals surface area contributed by atoms with Crippen LogP contribution in [0, 0.1) is 6.92 Å². The standard InChI is InChI=1S/C21H24F3N5O2/c1-13-14(3-2-4-15(13)21(22,23)24)11-18-17(5-8-30)26-20-16(25)12-19(27-29(18)20)28-6-9-31-10-7-28/h2-4,12,30H,5-11,25H2,1H3. The number of aliphatic hydroxyl groups excluding tert-OH is 1. The number of benzene rings is 1. The Morgan fingerprint density at radius 1 is 1.23 bits per heavy atom. The van der Waals surface area contributed by atoms with E-state index in [0.717, 1.165) is 6.07 Å². The number of aliphatic hydroxyl groups is 1. The molecule has 10 heteroatoms. The van der Waals surface area contributed by atoms with E-state index >= 15 is 0 Å². The minimum absolute atomic E-state index is 0.144. The summed E-state index contributed by atoms with van der Waals surface area (Å²) in [5.41, 5.74) is 8.31. The van der Waals surface area contributed by atoms with Gasteiger partial charge in [-0.25, -0.2) is 9.50 Å². The molecule has 0 unspecified atom stereocenters. The molecule has 0 atom stereocenters. The molecule has 3 aromatic rings. The van der Waals surface area contributed by atoms with Gasteiger partial charge in [-0.2, -0.15) is 13.2 Å². The van der Waals surface area contributed by atoms with E-state index in [2.05, 4.69) is 4.98 Å². The summed E-state index contributed by atoms with van der Waals surface area (Å²) in [7, 11) is 0. The number of ether oxygens (including phenoxy) is 1. The third-order valence-electron chi connectivity index (χ3n) is 5.57. The molecular formula is C21H24F3N5O2. The largest absolute Gasteiger partial charge is 0.416 e. The quantitative estimate of drug-likeness (QED) is 0.641. The average Bonchev–Trinajstić information content (AvgIpc) is 3.07. The van der Waals surface area contributed by atoms with Crippen LogP contribution in [-0.2, 0) is 23.8 Å². The van der Waals surface area contributed by atoms with E-state index < -0.39 is 11.7 Å². The molecule has 2 aromatic heterocycles. The van der Waals surface area contributed by atoms with Crippen molar-refractivity contribution in [2.24, 2.45) is 0 Å². The first-order valence-corrected chi connectivity index (χ1v) is 10.1. The molecule has 0 radical (unpaired) electrons. The normalized spacial score (nSPS) is 15.1. The van der Waals surface area contributed by atoms with Crippen molar-refractivity contribution in [3.63, 3.8) is 0 Å². The molecule has 1 aliphatic heterocycles. The molecule has 0 saturated carbocycles. The molecule has 0 spiro atoms. The van der Waals surface area contributed by atoms with E-state index in [-0.39, 0.29) is 25.0 Å². The zero-order valence-electron chi connectivity index (χ0n) is 17.1. The van der Waals surface area contributed by atoms with Gasteiger partial charge in [0.2, 0.25) is 0 Å². The van der Waals surface area contributed by atoms with Crippen molar-refractivity contribution in [3.05, 3.63) is 52.3 Å². The van der Waals surface area contributed by atoms with Crippen molar-refractivity contribution in [2.45, 2.75) is 25.9 Å². The fourth-order valence-electron chi connectivity index (χ4n) is 3.91. The monoisotopic (exact) mass is 435 g/mol. The van der Waals surface area contributed by atoms with Crippen LogP contribution in [0.2, 0.25) is 0 Å². The lowest BCUT2D eigenvalue weighted by molar-refractivity contribution is -0.138. The third kappa shape index (κ3) is 4.17. The number of morpholine rings is 1. The molecule has 7 nitrogen and oxygen atoms in total. The Balaban J connectivity index is 1.82. The van der Waals surface area contributed by atoms with Crippen molar-refractivity contribution < 1.29 is 23.0 Å². The number of alkyl halides is 3. The van der Waals surface area contributed by atoms with Gasteiger partial charge in [-0.1, -0.05) is 12.1 Å². The van der Waals surface area contributed by atoms with Crippen LogP contribution >= 0.6 is 0 Å². The smallest absolute Gasteiger partial charge is 0.396 e. The molecule has 0 amide bonds. The highest BCUT2D eigenvalue weighted by molar-refractivity contribution is 5.69. The van der Waals surface area contributed by atoms with Gasteiger partial charge in [0.25, 0.3) is 0 Å². The molecule has 0 bridgehead atoms. The Morgan fingerprint density at radius 3 is 2.65 bits per heavy atom. The zero-order chi connectivity index (χ0) is 22.2. The summed E-state index contributed by atoms with van der Waals surface area (Å²) in [5, 5.41) is 14.2. The summed E-state index contributed by atoms with van der Waals surface area (Å²) in [4.78, 5) is 6.58. The first-order valence-electron chi connectivity index (χ1n) is 10.1. The molecular weight excluding hydrogens is 411 g/mol. The maximum atomic E-state index is 13.4. The molecule has 166 valence electrons. The number of nitrogen functional groups attached to an aromatic ring is 1. The van der Waals surface area contributed by atoms with E-state index in [1.54, 1.807) is 16.6 Å². The van der Waals surface area contributed by atoms with E-state index in [0.29, 0.717) is 60.4 Å². The number of rotatable bonds is 5. The number of nitrogens with zero attached hydrogens (tertiary/aromatic N) is 4. The lowest BCUT2D eigenvalue weighted by Gasteiger charge is -2.27. The first-order chi connectivity index (χ1) is 14.8. The van der Waals surface area contributed by atoms with Gasteiger partial charge in [-0.05, 0) is 24.1 Å². The van der Waals surface area contributed by atoms with Crippen molar-refractivity contribution in [2.75, 3.05) is 43.5 Å². The van der Waals surface area contributed by atoms with E-state index in [1.165, 1.54) is 13.0 Å². The Hall–Kier alpha value is -2.85. The van der Waals surface area contributed by atoms with Crippen LogP contribution in [0.1, 0.15) is 28.1 Å². The van der Waals surface area contributed by atoms with Crippen molar-refractivity contribution in [3.8, 4) is 0 Å². The fourth-order valence-corrected chi connectivity index (χ4v) is 3.91. The average molecular weight is 435 g/mol. The van der Waals surface area contributed by atoms with Crippen molar-refractivity contribution in [1.82, 2.24) is 14.6 Å². The van der Waals surface area contributed by atoms with Crippen molar-refractivity contribution >= 4 is 17.2 Å². The van der Waals surface area contributed by atoms with Gasteiger partial charge in [0.1, 0.15) is 0 Å². The lowest BCUT2D eigenvalue weighted by atomic mass is 9.97. The van der Waals surface area contributed by atoms with Gasteiger partial charge in [0, 0.05) is 38.6 Å². The summed E-state index contributed by atoms with van der Waals surface area (Å²) in [6.45, 7) is 3.81. The minimum Gasteiger partial charge on any atom is -0.396 e. The summed E-state index contributed by atoms with van der Waals surface area (Å²) >= 11 is 0. The second-order valence-electron chi connectivity index (χ2n) is 7.54. The number of imidazole rings is 1. The topological polar surface area (TPSA) is 88.9 Å². The number of anilines is 2. The number of hydrogen-bond donors (Lipinski definition) is 2. The van der Waals surface area contributed by atoms with Crippen LogP contribution in [0.5, 0.6) is 0 Å². The maximum Gasteiger partial charge on any atom is 0.416 e. The number of nitrogens with two attached hydrogens (primary N) is 1. The summed E-state index contributed by atoms with van der Waals surface area (Å²) in [6.07, 6.45) is -3.99. The Kier molecular flexibility index (Phi) is 5.76. The minimum atomic E-state index is -4.43. The molecule has 3 heterocycles. The number of halogens is 3. The maximum absolute atomic E-state index is 13.4. The molecule has 1 saturated heterocycles. The highest BCUT2D eigenvalue weighted by atomic mass is 19.4. The number of hydrogen-bond acceptors (Lipinski definition) is 6. The van der Waals surface area contributed by atoms with Gasteiger partial charge in [0.05, 0.1) is 35.9 Å². The summed E-state index contributed by atoms with van der Waals surface area (Å²) in [5.74, 6) is 0.656. The van der Waals surface area contributed by atoms with Crippen LogP contribution in [0.25, 0.3) is 5.65 Å². The predicted octanol–water partition coefficient (Wildman–Crippen LogP) is 2.60. The van der Waals surface area contributed by atoms with Crippen LogP contribution < -0.4 is 10.6 Å². The fraction of sp³-hybridized carbons (Fsp3) is 0.429. The van der Waals surface area contributed by atoms with E-state index in [4.69, 9.17) is 15.6 Å². The van der Waals surface area contributed by atoms with Crippen molar-refractivity contribution in [1.29, 1.82) is 0 Å². The number of fused-ring (bicyclic) bond motifs is 1. The molecule has 1 fully saturated rings. The Morgan fingerprint density at radius 2 is 1.97 bits per heavy atom. The van der Waals surface area contributed by atoms with Gasteiger partial charge < -0.3 is 20.5 Å². The number of aromatic nitrogens is 3. The SMILES string of the molecule is Cc1c(Cc2c(CCO)nc3c(N)cc(N4CCOCC4)nn23)cccc1C(F)(F)F. The second kappa shape index (κ2) is 8.35. The summed E-state index contributed by atoms with van der Waals surface area (Å²) in [6, 6.07) is 5.90. The lowest BCUT2D eigenvalue weighted by Crippen LogP contribution is -2.37. The molecule has 3 N–H and O–H groups in total. The molecule has 1 aromatic carbocycles. The van der Waals surface area contributed by atoms with Gasteiger partial charge in [0.15, 0.2) is 11.5 Å². The van der Waals surface area contributed by atoms with Crippen LogP contribution in [-0.4, -0.2) is 52.6 Å². The molecule has 1 aliphatic rings. The highest BCUT2D eigenvalue weighted by Crippen LogP contribution is 2.34. The highest BCUT2D eigenvalue weighted by Gasteiger charge is 2.33. The van der Waals surface area contributed by atoms with Crippen LogP contribution in [0.4, 0.5) is 24.7 Å². The van der Waals surface area contributed by atoms with Gasteiger partial charge >= 0.3 is 6.18 Å². The molecule has 31 heavy (non-hydrogen) atoms. The summed E-state index contributed by atoms with van der Waals surface area (Å²) < 4.78 is 47.1. The van der Waals surface area contributed by atoms with Gasteiger partial charge in [-0.15, -0.1) is 5.10 Å². The van der Waals surface area contributed by atoms with Crippen LogP contribution in [0.15, 0.2) is 24.3 Å². The Bertz CT molecular complexity index is 1090. The Labute approximate surface area is 177 Å². The predicted molar refractivity (Wildman–Crippen MR) is 110 cm³/mol. The molecule has 4 rings (SSSR count). The van der Waals surface area contributed by atoms with E-state index in [9.17, 15) is 18.3 Å². The second-order valence-corrected chi connectivity index (χ2v) is 7.54. The van der Waals surface area contributed by atoms with Gasteiger partial charge in [-0.3, -0.25) is 0 Å². The van der Waals surface area contributed by atoms with E-state index in [1.807, 2.05) is 4.90 Å². The first kappa shape index (κ1) is 21.4. The zero-order valence-corrected chi connectivity index (χ0v) is 17.1.